The van der Waals surface area contributed by atoms with E-state index < -0.39 is 0 Å². The molecule has 2 heterocycles. The highest BCUT2D eigenvalue weighted by Gasteiger charge is 2.47. The summed E-state index contributed by atoms with van der Waals surface area (Å²) in [5.41, 5.74) is 2.11. The van der Waals surface area contributed by atoms with Crippen molar-refractivity contribution in [1.82, 2.24) is 0 Å². The van der Waals surface area contributed by atoms with Crippen molar-refractivity contribution in [3.63, 3.8) is 0 Å². The summed E-state index contributed by atoms with van der Waals surface area (Å²) in [6.45, 7) is 0. The molecule has 0 saturated carbocycles. The van der Waals surface area contributed by atoms with Crippen LogP contribution in [0.5, 0.6) is 0 Å². The van der Waals surface area contributed by atoms with Gasteiger partial charge in [0.25, 0.3) is 0 Å². The van der Waals surface area contributed by atoms with Crippen molar-refractivity contribution in [2.75, 3.05) is 4.90 Å². The predicted molar refractivity (Wildman–Crippen MR) is 91.6 cm³/mol. The molecule has 2 amide bonds. The molecule has 2 atom stereocenters. The summed E-state index contributed by atoms with van der Waals surface area (Å²) in [4.78, 5) is 26.7. The maximum absolute atomic E-state index is 12.7. The molecule has 0 N–H and O–H groups in total. The van der Waals surface area contributed by atoms with E-state index in [1.807, 2.05) is 48.6 Å². The molecule has 1 aromatic heterocycles. The third kappa shape index (κ3) is 1.74. The minimum atomic E-state index is -0.214. The first-order chi connectivity index (χ1) is 11.7. The van der Waals surface area contributed by atoms with E-state index >= 15 is 0 Å². The first-order valence-electron chi connectivity index (χ1n) is 8.18. The van der Waals surface area contributed by atoms with Crippen LogP contribution in [-0.4, -0.2) is 11.8 Å². The molecule has 118 valence electrons. The molecule has 5 rings (SSSR count). The number of benzene rings is 2. The molecule has 1 aliphatic carbocycles. The first-order valence-corrected chi connectivity index (χ1v) is 8.18. The predicted octanol–water partition coefficient (Wildman–Crippen LogP) is 4.04. The zero-order valence-corrected chi connectivity index (χ0v) is 12.9. The zero-order chi connectivity index (χ0) is 16.3. The number of hydrogen-bond donors (Lipinski definition) is 0. The van der Waals surface area contributed by atoms with Crippen LogP contribution in [-0.2, 0) is 9.59 Å². The van der Waals surface area contributed by atoms with Gasteiger partial charge in [-0.3, -0.25) is 9.59 Å². The third-order valence-corrected chi connectivity index (χ3v) is 5.13. The lowest BCUT2D eigenvalue weighted by Crippen LogP contribution is -2.30. The van der Waals surface area contributed by atoms with Gasteiger partial charge in [0.05, 0.1) is 17.5 Å². The Bertz CT molecular complexity index is 1000. The zero-order valence-electron chi connectivity index (χ0n) is 12.9. The number of rotatable bonds is 1. The van der Waals surface area contributed by atoms with Gasteiger partial charge in [-0.15, -0.1) is 0 Å². The molecule has 1 fully saturated rings. The number of carbonyl (C=O) groups excluding carboxylic acids is 2. The first kappa shape index (κ1) is 13.5. The number of hydrogen-bond acceptors (Lipinski definition) is 3. The van der Waals surface area contributed by atoms with Gasteiger partial charge in [0.15, 0.2) is 0 Å². The topological polar surface area (TPSA) is 50.5 Å². The van der Waals surface area contributed by atoms with Gasteiger partial charge in [0.1, 0.15) is 11.2 Å². The SMILES string of the molecule is O=C1[C@H]2CC=CC[C@@H]2C(=O)N1c1ccc2c(c1)oc1ccccc12. The molecule has 1 saturated heterocycles. The minimum absolute atomic E-state index is 0.0928. The van der Waals surface area contributed by atoms with Gasteiger partial charge in [-0.1, -0.05) is 30.4 Å². The maximum atomic E-state index is 12.7. The lowest BCUT2D eigenvalue weighted by molar-refractivity contribution is -0.122. The van der Waals surface area contributed by atoms with Crippen LogP contribution in [0.3, 0.4) is 0 Å². The van der Waals surface area contributed by atoms with E-state index in [1.54, 1.807) is 6.07 Å². The van der Waals surface area contributed by atoms with Crippen LogP contribution < -0.4 is 4.90 Å². The third-order valence-electron chi connectivity index (χ3n) is 5.13. The fraction of sp³-hybridized carbons (Fsp3) is 0.200. The Hall–Kier alpha value is -2.88. The Balaban J connectivity index is 1.63. The van der Waals surface area contributed by atoms with Crippen LogP contribution in [0.2, 0.25) is 0 Å². The van der Waals surface area contributed by atoms with Crippen LogP contribution >= 0.6 is 0 Å². The van der Waals surface area contributed by atoms with E-state index in [9.17, 15) is 9.59 Å². The molecule has 24 heavy (non-hydrogen) atoms. The number of fused-ring (bicyclic) bond motifs is 4. The van der Waals surface area contributed by atoms with E-state index in [2.05, 4.69) is 0 Å². The van der Waals surface area contributed by atoms with Crippen molar-refractivity contribution in [2.45, 2.75) is 12.8 Å². The largest absolute Gasteiger partial charge is 0.456 e. The number of allylic oxidation sites excluding steroid dienone is 2. The van der Waals surface area contributed by atoms with Crippen molar-refractivity contribution >= 4 is 39.4 Å². The molecule has 3 aromatic rings. The number of amides is 2. The number of anilines is 1. The Morgan fingerprint density at radius 3 is 2.25 bits per heavy atom. The Morgan fingerprint density at radius 2 is 1.50 bits per heavy atom. The molecule has 0 radical (unpaired) electrons. The smallest absolute Gasteiger partial charge is 0.238 e. The normalized spacial score (nSPS) is 23.4. The molecule has 0 unspecified atom stereocenters. The Labute approximate surface area is 138 Å². The highest BCUT2D eigenvalue weighted by atomic mass is 16.3. The van der Waals surface area contributed by atoms with Crippen molar-refractivity contribution < 1.29 is 14.0 Å². The summed E-state index contributed by atoms with van der Waals surface area (Å²) in [7, 11) is 0. The number of para-hydroxylation sites is 1. The monoisotopic (exact) mass is 317 g/mol. The van der Waals surface area contributed by atoms with Gasteiger partial charge in [-0.2, -0.15) is 0 Å². The van der Waals surface area contributed by atoms with E-state index in [-0.39, 0.29) is 23.7 Å². The van der Waals surface area contributed by atoms with Gasteiger partial charge in [-0.05, 0) is 31.0 Å². The number of nitrogens with zero attached hydrogens (tertiary/aromatic N) is 1. The lowest BCUT2D eigenvalue weighted by atomic mass is 9.85. The molecule has 4 heteroatoms. The molecule has 4 nitrogen and oxygen atoms in total. The number of imide groups is 1. The summed E-state index contributed by atoms with van der Waals surface area (Å²) >= 11 is 0. The summed E-state index contributed by atoms with van der Waals surface area (Å²) in [6, 6.07) is 13.4. The van der Waals surface area contributed by atoms with Gasteiger partial charge in [0.2, 0.25) is 11.8 Å². The molecule has 0 bridgehead atoms. The molecule has 1 aliphatic heterocycles. The van der Waals surface area contributed by atoms with E-state index in [0.717, 1.165) is 16.4 Å². The molecular formula is C20H15NO3. The van der Waals surface area contributed by atoms with Gasteiger partial charge in [0, 0.05) is 16.8 Å². The summed E-state index contributed by atoms with van der Waals surface area (Å²) in [6.07, 6.45) is 5.30. The second kappa shape index (κ2) is 4.81. The van der Waals surface area contributed by atoms with Crippen LogP contribution in [0.4, 0.5) is 5.69 Å². The summed E-state index contributed by atoms with van der Waals surface area (Å²) in [5.74, 6) is -0.614. The second-order valence-corrected chi connectivity index (χ2v) is 6.45. The maximum Gasteiger partial charge on any atom is 0.238 e. The molecular weight excluding hydrogens is 302 g/mol. The minimum Gasteiger partial charge on any atom is -0.456 e. The quantitative estimate of drug-likeness (QED) is 0.503. The fourth-order valence-corrected chi connectivity index (χ4v) is 3.91. The molecule has 2 aromatic carbocycles. The van der Waals surface area contributed by atoms with Gasteiger partial charge >= 0.3 is 0 Å². The van der Waals surface area contributed by atoms with Crippen LogP contribution in [0, 0.1) is 11.8 Å². The Kier molecular flexibility index (Phi) is 2.71. The lowest BCUT2D eigenvalue weighted by Gasteiger charge is -2.14. The van der Waals surface area contributed by atoms with Crippen molar-refractivity contribution in [2.24, 2.45) is 11.8 Å². The van der Waals surface area contributed by atoms with Crippen LogP contribution in [0.1, 0.15) is 12.8 Å². The van der Waals surface area contributed by atoms with Crippen molar-refractivity contribution in [3.05, 3.63) is 54.6 Å². The molecule has 2 aliphatic rings. The summed E-state index contributed by atoms with van der Waals surface area (Å²) < 4.78 is 5.88. The summed E-state index contributed by atoms with van der Waals surface area (Å²) in [5, 5.41) is 2.03. The second-order valence-electron chi connectivity index (χ2n) is 6.45. The fourth-order valence-electron chi connectivity index (χ4n) is 3.91. The van der Waals surface area contributed by atoms with E-state index in [4.69, 9.17) is 4.42 Å². The van der Waals surface area contributed by atoms with Crippen molar-refractivity contribution in [3.8, 4) is 0 Å². The highest BCUT2D eigenvalue weighted by molar-refractivity contribution is 6.23. The van der Waals surface area contributed by atoms with E-state index in [0.29, 0.717) is 24.1 Å². The number of furan rings is 1. The van der Waals surface area contributed by atoms with Crippen LogP contribution in [0.15, 0.2) is 59.0 Å². The average Bonchev–Trinajstić information content (AvgIpc) is 3.10. The average molecular weight is 317 g/mol. The number of carbonyl (C=O) groups is 2. The Morgan fingerprint density at radius 1 is 0.833 bits per heavy atom. The van der Waals surface area contributed by atoms with Gasteiger partial charge < -0.3 is 4.42 Å². The molecule has 0 spiro atoms. The highest BCUT2D eigenvalue weighted by Crippen LogP contribution is 2.39. The van der Waals surface area contributed by atoms with Gasteiger partial charge in [-0.25, -0.2) is 4.90 Å². The van der Waals surface area contributed by atoms with Crippen molar-refractivity contribution in [1.29, 1.82) is 0 Å². The van der Waals surface area contributed by atoms with Crippen LogP contribution in [0.25, 0.3) is 21.9 Å². The van der Waals surface area contributed by atoms with E-state index in [1.165, 1.54) is 4.90 Å². The standard InChI is InChI=1S/C20H15NO3/c22-19-15-6-1-2-7-16(15)20(23)21(19)12-9-10-14-13-5-3-4-8-17(13)24-18(14)11-12/h1-5,8-11,15-16H,6-7H2/t15-,16-/m0/s1.